The Morgan fingerprint density at radius 2 is 2.00 bits per heavy atom. The van der Waals surface area contributed by atoms with Crippen molar-refractivity contribution < 1.29 is 22.4 Å². The lowest BCUT2D eigenvalue weighted by Crippen LogP contribution is -2.44. The summed E-state index contributed by atoms with van der Waals surface area (Å²) in [6.45, 7) is -0.0827. The van der Waals surface area contributed by atoms with Crippen LogP contribution in [0.1, 0.15) is 21.5 Å². The van der Waals surface area contributed by atoms with Gasteiger partial charge in [0, 0.05) is 17.1 Å². The fourth-order valence-corrected chi connectivity index (χ4v) is 3.19. The number of hydrogen-bond donors (Lipinski definition) is 2. The zero-order valence-corrected chi connectivity index (χ0v) is 15.4. The van der Waals surface area contributed by atoms with Crippen LogP contribution in [-0.4, -0.2) is 16.6 Å². The number of halogens is 5. The lowest BCUT2D eigenvalue weighted by molar-refractivity contribution is -0.136. The van der Waals surface area contributed by atoms with Gasteiger partial charge in [0.2, 0.25) is 0 Å². The number of nitrogens with zero attached hydrogens (tertiary/aromatic N) is 2. The number of aromatic nitrogens is 1. The molecule has 1 atom stereocenters. The molecular formula is C19H13ClF4N4O. The normalized spacial score (nSPS) is 12.6. The average molecular weight is 425 g/mol. The number of carbonyl (C=O) groups excluding carboxylic acids is 1. The monoisotopic (exact) mass is 424 g/mol. The van der Waals surface area contributed by atoms with Gasteiger partial charge in [0.15, 0.2) is 5.82 Å². The Morgan fingerprint density at radius 1 is 1.28 bits per heavy atom. The summed E-state index contributed by atoms with van der Waals surface area (Å²) in [6.07, 6.45) is -4.37. The summed E-state index contributed by atoms with van der Waals surface area (Å²) in [4.78, 5) is 12.2. The number of rotatable bonds is 4. The molecule has 0 aliphatic carbocycles. The molecule has 150 valence electrons. The van der Waals surface area contributed by atoms with Crippen molar-refractivity contribution in [3.8, 4) is 6.07 Å². The number of carbonyl (C=O) groups is 1. The fourth-order valence-electron chi connectivity index (χ4n) is 3.01. The highest BCUT2D eigenvalue weighted by atomic mass is 35.5. The third-order valence-electron chi connectivity index (χ3n) is 4.26. The number of amides is 1. The van der Waals surface area contributed by atoms with Crippen molar-refractivity contribution in [2.75, 3.05) is 0 Å². The minimum absolute atomic E-state index is 0.0827. The van der Waals surface area contributed by atoms with Gasteiger partial charge in [-0.05, 0) is 30.3 Å². The molecule has 1 heterocycles. The van der Waals surface area contributed by atoms with E-state index in [1.807, 2.05) is 0 Å². The summed E-state index contributed by atoms with van der Waals surface area (Å²) in [7, 11) is 0. The predicted molar refractivity (Wildman–Crippen MR) is 98.5 cm³/mol. The maximum absolute atomic E-state index is 13.9. The largest absolute Gasteiger partial charge is 0.418 e. The van der Waals surface area contributed by atoms with Gasteiger partial charge in [-0.3, -0.25) is 4.79 Å². The quantitative estimate of drug-likeness (QED) is 0.489. The smallest absolute Gasteiger partial charge is 0.344 e. The number of nitrogens with one attached hydrogen (secondary N) is 1. The van der Waals surface area contributed by atoms with Crippen LogP contribution in [0, 0.1) is 17.1 Å². The van der Waals surface area contributed by atoms with E-state index in [0.717, 1.165) is 6.07 Å². The maximum atomic E-state index is 13.9. The molecule has 5 nitrogen and oxygen atoms in total. The van der Waals surface area contributed by atoms with Gasteiger partial charge in [-0.15, -0.1) is 0 Å². The predicted octanol–water partition coefficient (Wildman–Crippen LogP) is 4.04. The number of alkyl halides is 3. The summed E-state index contributed by atoms with van der Waals surface area (Å²) in [5.41, 5.74) is 4.25. The first-order valence-corrected chi connectivity index (χ1v) is 8.61. The van der Waals surface area contributed by atoms with Crippen molar-refractivity contribution in [2.24, 2.45) is 5.73 Å². The van der Waals surface area contributed by atoms with Gasteiger partial charge in [0.05, 0.1) is 40.5 Å². The highest BCUT2D eigenvalue weighted by Gasteiger charge is 2.36. The standard InChI is InChI=1S/C19H13ClF4N4O/c20-13-3-1-2-12(17(13)21)18(29)27-15(26)9-28-7-6-11-14(28)5-4-10(8-25)16(11)19(22,23)24/h1-7,15H,9,26H2,(H,27,29). The SMILES string of the molecule is N#Cc1ccc2c(ccn2CC(N)NC(=O)c2cccc(Cl)c2F)c1C(F)(F)F. The van der Waals surface area contributed by atoms with Crippen LogP contribution in [0.3, 0.4) is 0 Å². The first kappa shape index (κ1) is 20.6. The molecule has 2 aromatic carbocycles. The van der Waals surface area contributed by atoms with E-state index in [4.69, 9.17) is 22.6 Å². The van der Waals surface area contributed by atoms with Crippen LogP contribution < -0.4 is 11.1 Å². The van der Waals surface area contributed by atoms with E-state index in [2.05, 4.69) is 5.32 Å². The van der Waals surface area contributed by atoms with Crippen molar-refractivity contribution in [1.29, 1.82) is 5.26 Å². The van der Waals surface area contributed by atoms with Gasteiger partial charge in [-0.2, -0.15) is 18.4 Å². The molecule has 10 heteroatoms. The molecule has 1 unspecified atom stereocenters. The van der Waals surface area contributed by atoms with Gasteiger partial charge in [-0.25, -0.2) is 4.39 Å². The molecule has 1 amide bonds. The third kappa shape index (κ3) is 4.04. The van der Waals surface area contributed by atoms with Crippen molar-refractivity contribution in [1.82, 2.24) is 9.88 Å². The minimum Gasteiger partial charge on any atom is -0.344 e. The number of hydrogen-bond acceptors (Lipinski definition) is 3. The first-order chi connectivity index (χ1) is 13.6. The summed E-state index contributed by atoms with van der Waals surface area (Å²) in [6, 6.07) is 9.13. The highest BCUT2D eigenvalue weighted by Crippen LogP contribution is 2.37. The summed E-state index contributed by atoms with van der Waals surface area (Å²) >= 11 is 5.65. The molecule has 0 saturated carbocycles. The van der Waals surface area contributed by atoms with Gasteiger partial charge in [0.25, 0.3) is 5.91 Å². The van der Waals surface area contributed by atoms with E-state index >= 15 is 0 Å². The Kier molecular flexibility index (Phi) is 5.50. The van der Waals surface area contributed by atoms with Crippen LogP contribution in [0.25, 0.3) is 10.9 Å². The van der Waals surface area contributed by atoms with E-state index in [0.29, 0.717) is 0 Å². The van der Waals surface area contributed by atoms with E-state index in [-0.39, 0.29) is 28.0 Å². The van der Waals surface area contributed by atoms with E-state index in [1.54, 1.807) is 6.07 Å². The Balaban J connectivity index is 1.86. The minimum atomic E-state index is -4.71. The van der Waals surface area contributed by atoms with Crippen molar-refractivity contribution in [3.05, 3.63) is 70.1 Å². The Hall–Kier alpha value is -3.09. The fraction of sp³-hybridized carbons (Fsp3) is 0.158. The van der Waals surface area contributed by atoms with Gasteiger partial charge >= 0.3 is 6.18 Å². The summed E-state index contributed by atoms with van der Waals surface area (Å²) in [5, 5.41) is 11.0. The van der Waals surface area contributed by atoms with Crippen molar-refractivity contribution >= 4 is 28.4 Å². The van der Waals surface area contributed by atoms with Crippen LogP contribution in [0.2, 0.25) is 5.02 Å². The van der Waals surface area contributed by atoms with Gasteiger partial charge in [0.1, 0.15) is 0 Å². The van der Waals surface area contributed by atoms with Gasteiger partial charge in [-0.1, -0.05) is 17.7 Å². The number of nitriles is 1. The average Bonchev–Trinajstić information content (AvgIpc) is 3.04. The molecule has 0 aliphatic heterocycles. The van der Waals surface area contributed by atoms with Crippen LogP contribution in [-0.2, 0) is 12.7 Å². The lowest BCUT2D eigenvalue weighted by atomic mass is 10.0. The molecule has 0 saturated heterocycles. The van der Waals surface area contributed by atoms with Crippen molar-refractivity contribution in [2.45, 2.75) is 18.9 Å². The Labute approximate surface area is 167 Å². The highest BCUT2D eigenvalue weighted by molar-refractivity contribution is 6.31. The molecule has 29 heavy (non-hydrogen) atoms. The van der Waals surface area contributed by atoms with Crippen LogP contribution in [0.4, 0.5) is 17.6 Å². The molecule has 1 aromatic heterocycles. The van der Waals surface area contributed by atoms with E-state index < -0.39 is 35.2 Å². The maximum Gasteiger partial charge on any atom is 0.418 e. The van der Waals surface area contributed by atoms with Gasteiger partial charge < -0.3 is 15.6 Å². The molecular weight excluding hydrogens is 412 g/mol. The molecule has 0 bridgehead atoms. The summed E-state index contributed by atoms with van der Waals surface area (Å²) in [5.74, 6) is -1.71. The second-order valence-electron chi connectivity index (χ2n) is 6.18. The number of fused-ring (bicyclic) bond motifs is 1. The molecule has 0 fully saturated rings. The summed E-state index contributed by atoms with van der Waals surface area (Å²) < 4.78 is 55.5. The molecule has 0 aliphatic rings. The number of nitrogens with two attached hydrogens (primary N) is 1. The molecule has 3 aromatic rings. The Bertz CT molecular complexity index is 1130. The molecule has 3 rings (SSSR count). The second kappa shape index (κ2) is 7.73. The zero-order valence-electron chi connectivity index (χ0n) is 14.6. The molecule has 0 radical (unpaired) electrons. The topological polar surface area (TPSA) is 83.8 Å². The van der Waals surface area contributed by atoms with Crippen LogP contribution in [0.5, 0.6) is 0 Å². The first-order valence-electron chi connectivity index (χ1n) is 8.23. The Morgan fingerprint density at radius 3 is 2.66 bits per heavy atom. The second-order valence-corrected chi connectivity index (χ2v) is 6.59. The molecule has 0 spiro atoms. The van der Waals surface area contributed by atoms with Crippen LogP contribution in [0.15, 0.2) is 42.6 Å². The molecule has 3 N–H and O–H groups in total. The van der Waals surface area contributed by atoms with Crippen molar-refractivity contribution in [3.63, 3.8) is 0 Å². The van der Waals surface area contributed by atoms with E-state index in [9.17, 15) is 22.4 Å². The zero-order chi connectivity index (χ0) is 21.3. The van der Waals surface area contributed by atoms with E-state index in [1.165, 1.54) is 41.1 Å². The number of benzene rings is 2. The van der Waals surface area contributed by atoms with Crippen LogP contribution >= 0.6 is 11.6 Å². The third-order valence-corrected chi connectivity index (χ3v) is 4.56. The lowest BCUT2D eigenvalue weighted by Gasteiger charge is -2.17.